The fourth-order valence-electron chi connectivity index (χ4n) is 1.43. The van der Waals surface area contributed by atoms with Gasteiger partial charge in [-0.05, 0) is 25.2 Å². The van der Waals surface area contributed by atoms with E-state index in [0.717, 1.165) is 4.47 Å². The van der Waals surface area contributed by atoms with Crippen molar-refractivity contribution in [2.75, 3.05) is 19.3 Å². The maximum absolute atomic E-state index is 12.2. The molecular formula is C11H15BrF2N2O3S. The molecule has 0 amide bonds. The number of benzene rings is 1. The first-order valence-corrected chi connectivity index (χ1v) is 8.14. The molecule has 5 nitrogen and oxygen atoms in total. The fourth-order valence-corrected chi connectivity index (χ4v) is 2.45. The Morgan fingerprint density at radius 3 is 2.70 bits per heavy atom. The van der Waals surface area contributed by atoms with Crippen LogP contribution in [0.15, 0.2) is 22.7 Å². The molecule has 0 spiro atoms. The Bertz CT molecular complexity index is 540. The highest BCUT2D eigenvalue weighted by atomic mass is 79.9. The monoisotopic (exact) mass is 372 g/mol. The van der Waals surface area contributed by atoms with Crippen LogP contribution in [0.5, 0.6) is 5.75 Å². The fraction of sp³-hybridized carbons (Fsp3) is 0.455. The Hall–Kier alpha value is -0.770. The molecule has 20 heavy (non-hydrogen) atoms. The number of hydrogen-bond donors (Lipinski definition) is 2. The minimum Gasteiger partial charge on any atom is -0.434 e. The second kappa shape index (κ2) is 7.87. The van der Waals surface area contributed by atoms with E-state index in [-0.39, 0.29) is 24.6 Å². The molecule has 1 aromatic carbocycles. The van der Waals surface area contributed by atoms with Crippen LogP contribution >= 0.6 is 15.9 Å². The van der Waals surface area contributed by atoms with Crippen LogP contribution in [-0.2, 0) is 16.6 Å². The third-order valence-electron chi connectivity index (χ3n) is 2.41. The van der Waals surface area contributed by atoms with Gasteiger partial charge in [0.1, 0.15) is 5.75 Å². The van der Waals surface area contributed by atoms with Gasteiger partial charge in [0.2, 0.25) is 10.0 Å². The Kier molecular flexibility index (Phi) is 6.80. The highest BCUT2D eigenvalue weighted by molar-refractivity contribution is 9.10. The lowest BCUT2D eigenvalue weighted by molar-refractivity contribution is -0.0505. The molecule has 1 aromatic rings. The van der Waals surface area contributed by atoms with Crippen molar-refractivity contribution in [1.29, 1.82) is 0 Å². The summed E-state index contributed by atoms with van der Waals surface area (Å²) in [5.74, 6) is -0.0325. The number of rotatable bonds is 8. The molecule has 2 N–H and O–H groups in total. The largest absolute Gasteiger partial charge is 0.434 e. The van der Waals surface area contributed by atoms with E-state index < -0.39 is 16.6 Å². The lowest BCUT2D eigenvalue weighted by atomic mass is 10.2. The molecule has 0 aliphatic rings. The molecule has 1 rings (SSSR count). The van der Waals surface area contributed by atoms with Crippen LogP contribution < -0.4 is 14.8 Å². The SMILES string of the molecule is CNS(=O)(=O)CCNCc1cc(Br)ccc1OC(F)F. The maximum atomic E-state index is 12.2. The third kappa shape index (κ3) is 6.12. The zero-order chi connectivity index (χ0) is 15.2. The first-order chi connectivity index (χ1) is 9.34. The summed E-state index contributed by atoms with van der Waals surface area (Å²) in [5, 5.41) is 2.87. The first kappa shape index (κ1) is 17.3. The van der Waals surface area contributed by atoms with Crippen molar-refractivity contribution < 1.29 is 21.9 Å². The average molecular weight is 373 g/mol. The molecule has 0 atom stereocenters. The molecule has 0 heterocycles. The Morgan fingerprint density at radius 2 is 2.10 bits per heavy atom. The summed E-state index contributed by atoms with van der Waals surface area (Å²) in [6.07, 6.45) is 0. The van der Waals surface area contributed by atoms with Gasteiger partial charge in [-0.25, -0.2) is 13.1 Å². The van der Waals surface area contributed by atoms with E-state index in [4.69, 9.17) is 0 Å². The number of nitrogens with one attached hydrogen (secondary N) is 2. The van der Waals surface area contributed by atoms with E-state index >= 15 is 0 Å². The van der Waals surface area contributed by atoms with Crippen LogP contribution in [0.1, 0.15) is 5.56 Å². The molecule has 0 unspecified atom stereocenters. The predicted octanol–water partition coefficient (Wildman–Crippen LogP) is 1.69. The van der Waals surface area contributed by atoms with Crippen LogP contribution in [0.3, 0.4) is 0 Å². The smallest absolute Gasteiger partial charge is 0.387 e. The molecule has 0 bridgehead atoms. The average Bonchev–Trinajstić information content (AvgIpc) is 2.37. The Balaban J connectivity index is 2.60. The van der Waals surface area contributed by atoms with E-state index in [9.17, 15) is 17.2 Å². The van der Waals surface area contributed by atoms with Crippen LogP contribution in [-0.4, -0.2) is 34.4 Å². The van der Waals surface area contributed by atoms with Gasteiger partial charge in [0.05, 0.1) is 5.75 Å². The number of halogens is 3. The Morgan fingerprint density at radius 1 is 1.40 bits per heavy atom. The molecule has 0 aliphatic carbocycles. The van der Waals surface area contributed by atoms with Gasteiger partial charge >= 0.3 is 6.61 Å². The molecule has 0 aliphatic heterocycles. The van der Waals surface area contributed by atoms with Gasteiger partial charge in [0.15, 0.2) is 0 Å². The van der Waals surface area contributed by atoms with E-state index in [1.54, 1.807) is 12.1 Å². The molecule has 0 radical (unpaired) electrons. The minimum absolute atomic E-state index is 0.0622. The Labute approximate surface area is 124 Å². The summed E-state index contributed by atoms with van der Waals surface area (Å²) in [7, 11) is -1.95. The summed E-state index contributed by atoms with van der Waals surface area (Å²) in [6, 6.07) is 4.65. The molecule has 0 aromatic heterocycles. The quantitative estimate of drug-likeness (QED) is 0.681. The molecular weight excluding hydrogens is 358 g/mol. The normalized spacial score (nSPS) is 11.8. The molecule has 0 fully saturated rings. The van der Waals surface area contributed by atoms with Crippen molar-refractivity contribution in [3.8, 4) is 5.75 Å². The van der Waals surface area contributed by atoms with Gasteiger partial charge < -0.3 is 10.1 Å². The molecule has 0 saturated heterocycles. The zero-order valence-electron chi connectivity index (χ0n) is 10.7. The van der Waals surface area contributed by atoms with Crippen molar-refractivity contribution in [2.24, 2.45) is 0 Å². The van der Waals surface area contributed by atoms with Gasteiger partial charge in [-0.15, -0.1) is 0 Å². The van der Waals surface area contributed by atoms with Gasteiger partial charge in [-0.2, -0.15) is 8.78 Å². The summed E-state index contributed by atoms with van der Waals surface area (Å²) >= 11 is 3.24. The van der Waals surface area contributed by atoms with E-state index in [1.807, 2.05) is 0 Å². The van der Waals surface area contributed by atoms with Gasteiger partial charge in [0.25, 0.3) is 0 Å². The van der Waals surface area contributed by atoms with Gasteiger partial charge in [0, 0.05) is 23.1 Å². The molecule has 9 heteroatoms. The second-order valence-electron chi connectivity index (χ2n) is 3.83. The van der Waals surface area contributed by atoms with Crippen molar-refractivity contribution in [3.63, 3.8) is 0 Å². The van der Waals surface area contributed by atoms with Crippen molar-refractivity contribution in [1.82, 2.24) is 10.0 Å². The van der Waals surface area contributed by atoms with E-state index in [0.29, 0.717) is 5.56 Å². The lowest BCUT2D eigenvalue weighted by Gasteiger charge is -2.12. The highest BCUT2D eigenvalue weighted by Crippen LogP contribution is 2.24. The van der Waals surface area contributed by atoms with Crippen LogP contribution in [0.25, 0.3) is 0 Å². The van der Waals surface area contributed by atoms with Crippen LogP contribution in [0.4, 0.5) is 8.78 Å². The summed E-state index contributed by atoms with van der Waals surface area (Å²) in [4.78, 5) is 0. The standard InChI is InChI=1S/C11H15BrF2N2O3S/c1-15-20(17,18)5-4-16-7-8-6-9(12)2-3-10(8)19-11(13)14/h2-3,6,11,15-16H,4-5,7H2,1H3. The summed E-state index contributed by atoms with van der Waals surface area (Å²) < 4.78 is 54.2. The topological polar surface area (TPSA) is 67.4 Å². The highest BCUT2D eigenvalue weighted by Gasteiger charge is 2.11. The van der Waals surface area contributed by atoms with Crippen molar-refractivity contribution >= 4 is 26.0 Å². The summed E-state index contributed by atoms with van der Waals surface area (Å²) in [5.41, 5.74) is 0.515. The van der Waals surface area contributed by atoms with E-state index in [1.165, 1.54) is 13.1 Å². The van der Waals surface area contributed by atoms with Crippen LogP contribution in [0, 0.1) is 0 Å². The van der Waals surface area contributed by atoms with Gasteiger partial charge in [-0.3, -0.25) is 0 Å². The molecule has 114 valence electrons. The first-order valence-electron chi connectivity index (χ1n) is 5.69. The van der Waals surface area contributed by atoms with E-state index in [2.05, 4.69) is 30.7 Å². The number of sulfonamides is 1. The maximum Gasteiger partial charge on any atom is 0.387 e. The zero-order valence-corrected chi connectivity index (χ0v) is 13.1. The minimum atomic E-state index is -3.28. The predicted molar refractivity (Wildman–Crippen MR) is 75.3 cm³/mol. The number of hydrogen-bond acceptors (Lipinski definition) is 4. The van der Waals surface area contributed by atoms with Crippen molar-refractivity contribution in [3.05, 3.63) is 28.2 Å². The number of ether oxygens (including phenoxy) is 1. The summed E-state index contributed by atoms with van der Waals surface area (Å²) in [6.45, 7) is -2.48. The second-order valence-corrected chi connectivity index (χ2v) is 6.79. The number of alkyl halides is 2. The molecule has 0 saturated carbocycles. The lowest BCUT2D eigenvalue weighted by Crippen LogP contribution is -2.29. The van der Waals surface area contributed by atoms with Crippen LogP contribution in [0.2, 0.25) is 0 Å². The third-order valence-corrected chi connectivity index (χ3v) is 4.27. The van der Waals surface area contributed by atoms with Crippen molar-refractivity contribution in [2.45, 2.75) is 13.2 Å². The van der Waals surface area contributed by atoms with Gasteiger partial charge in [-0.1, -0.05) is 15.9 Å².